The topological polar surface area (TPSA) is 99.9 Å². The van der Waals surface area contributed by atoms with Crippen molar-refractivity contribution >= 4 is 11.6 Å². The summed E-state index contributed by atoms with van der Waals surface area (Å²) in [4.78, 5) is 21.4. The average molecular weight is 449 g/mol. The highest BCUT2D eigenvalue weighted by Crippen LogP contribution is 2.35. The van der Waals surface area contributed by atoms with Gasteiger partial charge in [0.1, 0.15) is 17.9 Å². The number of nitrogens with zero attached hydrogens (tertiary/aromatic N) is 4. The Balaban J connectivity index is 1.27. The summed E-state index contributed by atoms with van der Waals surface area (Å²) in [5.74, 6) is 1.40. The second kappa shape index (κ2) is 8.38. The van der Waals surface area contributed by atoms with Crippen molar-refractivity contribution in [1.82, 2.24) is 24.9 Å². The maximum absolute atomic E-state index is 14.1. The minimum Gasteiger partial charge on any atom is -0.481 e. The van der Waals surface area contributed by atoms with Crippen molar-refractivity contribution in [1.29, 1.82) is 0 Å². The first-order chi connectivity index (χ1) is 16.0. The number of halogens is 1. The zero-order valence-corrected chi connectivity index (χ0v) is 17.9. The van der Waals surface area contributed by atoms with Gasteiger partial charge in [-0.3, -0.25) is 4.79 Å². The molecule has 0 fully saturated rings. The number of aromatic nitrogens is 4. The third kappa shape index (κ3) is 4.14. The highest BCUT2D eigenvalue weighted by Gasteiger charge is 2.22. The average Bonchev–Trinajstić information content (AvgIpc) is 3.45. The van der Waals surface area contributed by atoms with Gasteiger partial charge in [0.05, 0.1) is 11.7 Å². The minimum atomic E-state index is -0.765. The van der Waals surface area contributed by atoms with E-state index in [-0.39, 0.29) is 18.5 Å². The minimum absolute atomic E-state index is 0.162. The predicted molar refractivity (Wildman–Crippen MR) is 115 cm³/mol. The van der Waals surface area contributed by atoms with Crippen molar-refractivity contribution in [3.63, 3.8) is 0 Å². The standard InChI is InChI=1S/C23H20FN5O4/c1-13(26-23(30)14(2)33-15-7-8-19-20(9-15)32-12-31-19)22-27-21-10-18(25-11-29(21)28-22)16-5-3-4-6-17(16)24/h3-11,13-14H,12H2,1-2H3,(H,26,30)/t13-,14+/m0/s1. The Bertz CT molecular complexity index is 1340. The molecular weight excluding hydrogens is 429 g/mol. The Hall–Kier alpha value is -4.21. The van der Waals surface area contributed by atoms with Gasteiger partial charge in [-0.15, -0.1) is 5.10 Å². The van der Waals surface area contributed by atoms with E-state index in [2.05, 4.69) is 20.4 Å². The van der Waals surface area contributed by atoms with Gasteiger partial charge >= 0.3 is 0 Å². The molecule has 10 heteroatoms. The van der Waals surface area contributed by atoms with Crippen LogP contribution in [0.4, 0.5) is 4.39 Å². The maximum atomic E-state index is 14.1. The van der Waals surface area contributed by atoms with Gasteiger partial charge in [0.25, 0.3) is 5.91 Å². The van der Waals surface area contributed by atoms with Gasteiger partial charge in [-0.05, 0) is 38.1 Å². The summed E-state index contributed by atoms with van der Waals surface area (Å²) < 4.78 is 31.9. The smallest absolute Gasteiger partial charge is 0.261 e. The number of fused-ring (bicyclic) bond motifs is 2. The summed E-state index contributed by atoms with van der Waals surface area (Å²) in [5, 5.41) is 7.22. The Kier molecular flexibility index (Phi) is 5.25. The van der Waals surface area contributed by atoms with Gasteiger partial charge in [-0.1, -0.05) is 12.1 Å². The molecule has 1 N–H and O–H groups in total. The van der Waals surface area contributed by atoms with Crippen LogP contribution in [0.5, 0.6) is 17.2 Å². The summed E-state index contributed by atoms with van der Waals surface area (Å²) in [6.07, 6.45) is 0.701. The van der Waals surface area contributed by atoms with Gasteiger partial charge in [0.2, 0.25) is 6.79 Å². The van der Waals surface area contributed by atoms with Crippen LogP contribution in [0.15, 0.2) is 54.9 Å². The molecule has 4 aromatic rings. The lowest BCUT2D eigenvalue weighted by Gasteiger charge is -2.17. The van der Waals surface area contributed by atoms with Gasteiger partial charge in [-0.2, -0.15) is 0 Å². The van der Waals surface area contributed by atoms with E-state index < -0.39 is 12.1 Å². The Morgan fingerprint density at radius 2 is 1.97 bits per heavy atom. The van der Waals surface area contributed by atoms with Gasteiger partial charge in [0, 0.05) is 17.7 Å². The van der Waals surface area contributed by atoms with E-state index in [4.69, 9.17) is 14.2 Å². The molecule has 0 unspecified atom stereocenters. The maximum Gasteiger partial charge on any atom is 0.261 e. The van der Waals surface area contributed by atoms with E-state index in [9.17, 15) is 9.18 Å². The number of ether oxygens (including phenoxy) is 3. The Morgan fingerprint density at radius 1 is 1.15 bits per heavy atom. The molecule has 0 spiro atoms. The highest BCUT2D eigenvalue weighted by molar-refractivity contribution is 5.81. The van der Waals surface area contributed by atoms with Crippen LogP contribution in [0.2, 0.25) is 0 Å². The molecule has 1 aliphatic heterocycles. The summed E-state index contributed by atoms with van der Waals surface area (Å²) in [5.41, 5.74) is 1.31. The summed E-state index contributed by atoms with van der Waals surface area (Å²) in [6, 6.07) is 12.7. The number of amides is 1. The molecule has 0 bridgehead atoms. The van der Waals surface area contributed by atoms with E-state index in [1.165, 1.54) is 16.9 Å². The molecule has 0 saturated carbocycles. The molecule has 168 valence electrons. The van der Waals surface area contributed by atoms with E-state index in [1.54, 1.807) is 56.3 Å². The van der Waals surface area contributed by atoms with Crippen molar-refractivity contribution in [2.24, 2.45) is 0 Å². The fourth-order valence-electron chi connectivity index (χ4n) is 3.42. The monoisotopic (exact) mass is 449 g/mol. The number of benzene rings is 2. The van der Waals surface area contributed by atoms with Crippen LogP contribution in [0.25, 0.3) is 16.9 Å². The Morgan fingerprint density at radius 3 is 2.82 bits per heavy atom. The van der Waals surface area contributed by atoms with Crippen molar-refractivity contribution in [2.45, 2.75) is 26.0 Å². The molecule has 1 aliphatic rings. The number of carbonyl (C=O) groups is 1. The molecule has 9 nitrogen and oxygen atoms in total. The van der Waals surface area contributed by atoms with Crippen molar-refractivity contribution in [3.8, 4) is 28.5 Å². The molecule has 33 heavy (non-hydrogen) atoms. The molecule has 2 aromatic heterocycles. The van der Waals surface area contributed by atoms with Crippen LogP contribution in [0, 0.1) is 5.82 Å². The van der Waals surface area contributed by atoms with Crippen LogP contribution in [0.1, 0.15) is 25.7 Å². The fourth-order valence-corrected chi connectivity index (χ4v) is 3.42. The second-order valence-corrected chi connectivity index (χ2v) is 7.53. The zero-order chi connectivity index (χ0) is 22.9. The lowest BCUT2D eigenvalue weighted by atomic mass is 10.1. The largest absolute Gasteiger partial charge is 0.481 e. The van der Waals surface area contributed by atoms with Gasteiger partial charge in [-0.25, -0.2) is 18.9 Å². The zero-order valence-electron chi connectivity index (χ0n) is 17.9. The predicted octanol–water partition coefficient (Wildman–Crippen LogP) is 3.30. The van der Waals surface area contributed by atoms with Gasteiger partial charge < -0.3 is 19.5 Å². The van der Waals surface area contributed by atoms with E-state index >= 15 is 0 Å². The van der Waals surface area contributed by atoms with Crippen LogP contribution in [0.3, 0.4) is 0 Å². The number of hydrogen-bond acceptors (Lipinski definition) is 7. The van der Waals surface area contributed by atoms with E-state index in [0.717, 1.165) is 0 Å². The van der Waals surface area contributed by atoms with Gasteiger partial charge in [0.15, 0.2) is 29.1 Å². The number of carbonyl (C=O) groups excluding carboxylic acids is 1. The Labute approximate surface area is 188 Å². The second-order valence-electron chi connectivity index (χ2n) is 7.53. The van der Waals surface area contributed by atoms with Crippen LogP contribution in [-0.4, -0.2) is 38.4 Å². The van der Waals surface area contributed by atoms with Crippen LogP contribution in [-0.2, 0) is 4.79 Å². The fraction of sp³-hybridized carbons (Fsp3) is 0.217. The molecule has 2 atom stereocenters. The molecule has 0 aliphatic carbocycles. The molecule has 5 rings (SSSR count). The summed E-state index contributed by atoms with van der Waals surface area (Å²) in [7, 11) is 0. The molecular formula is C23H20FN5O4. The molecule has 0 saturated heterocycles. The number of rotatable bonds is 6. The third-order valence-corrected chi connectivity index (χ3v) is 5.17. The first-order valence-electron chi connectivity index (χ1n) is 10.3. The quantitative estimate of drug-likeness (QED) is 0.482. The summed E-state index contributed by atoms with van der Waals surface area (Å²) >= 11 is 0. The molecule has 2 aromatic carbocycles. The van der Waals surface area contributed by atoms with Crippen molar-refractivity contribution in [2.75, 3.05) is 6.79 Å². The summed E-state index contributed by atoms with van der Waals surface area (Å²) in [6.45, 7) is 3.58. The molecule has 3 heterocycles. The van der Waals surface area contributed by atoms with E-state index in [0.29, 0.717) is 40.0 Å². The molecule has 1 amide bonds. The number of hydrogen-bond donors (Lipinski definition) is 1. The first kappa shape index (κ1) is 20.7. The SMILES string of the molecule is C[C@H](NC(=O)[C@@H](C)Oc1ccc2c(c1)OCO2)c1nc2cc(-c3ccccc3F)ncn2n1. The lowest BCUT2D eigenvalue weighted by Crippen LogP contribution is -2.38. The van der Waals surface area contributed by atoms with Crippen molar-refractivity contribution < 1.29 is 23.4 Å². The molecule has 0 radical (unpaired) electrons. The van der Waals surface area contributed by atoms with Crippen molar-refractivity contribution in [3.05, 3.63) is 66.5 Å². The van der Waals surface area contributed by atoms with Crippen LogP contribution >= 0.6 is 0 Å². The van der Waals surface area contributed by atoms with E-state index in [1.807, 2.05) is 0 Å². The lowest BCUT2D eigenvalue weighted by molar-refractivity contribution is -0.128. The van der Waals surface area contributed by atoms with Crippen LogP contribution < -0.4 is 19.5 Å². The normalized spacial score (nSPS) is 14.2. The number of nitrogens with one attached hydrogen (secondary N) is 1. The highest BCUT2D eigenvalue weighted by atomic mass is 19.1. The third-order valence-electron chi connectivity index (χ3n) is 5.17. The first-order valence-corrected chi connectivity index (χ1v) is 10.3.